The first-order valence-electron chi connectivity index (χ1n) is 12.4. The molecule has 1 aliphatic heterocycles. The van der Waals surface area contributed by atoms with Crippen LogP contribution in [-0.4, -0.2) is 55.0 Å². The van der Waals surface area contributed by atoms with Crippen LogP contribution in [0, 0.1) is 23.1 Å². The quantitative estimate of drug-likeness (QED) is 0.564. The lowest BCUT2D eigenvalue weighted by Gasteiger charge is -2.35. The lowest BCUT2D eigenvalue weighted by Crippen LogP contribution is -2.55. The van der Waals surface area contributed by atoms with E-state index < -0.39 is 35.5 Å². The molecule has 1 aliphatic carbocycles. The Kier molecular flexibility index (Phi) is 6.31. The minimum Gasteiger partial charge on any atom is -0.444 e. The number of benzene rings is 1. The molecule has 192 valence electrons. The maximum atomic E-state index is 15.0. The third-order valence-corrected chi connectivity index (χ3v) is 6.97. The fraction of sp³-hybridized carbons (Fsp3) is 0.444. The lowest BCUT2D eigenvalue weighted by molar-refractivity contribution is -0.128. The van der Waals surface area contributed by atoms with Gasteiger partial charge in [0.2, 0.25) is 5.91 Å². The van der Waals surface area contributed by atoms with Crippen molar-refractivity contribution >= 4 is 17.6 Å². The van der Waals surface area contributed by atoms with E-state index in [0.29, 0.717) is 22.5 Å². The maximum absolute atomic E-state index is 15.0. The molecular weight excluding hydrogens is 475 g/mol. The van der Waals surface area contributed by atoms with E-state index in [1.54, 1.807) is 62.1 Å². The van der Waals surface area contributed by atoms with Crippen LogP contribution in [-0.2, 0) is 16.0 Å². The molecule has 4 unspecified atom stereocenters. The number of halogens is 1. The van der Waals surface area contributed by atoms with Crippen molar-refractivity contribution in [3.63, 3.8) is 0 Å². The minimum atomic E-state index is -0.950. The number of likely N-dealkylation sites (tertiary alicyclic amines) is 1. The monoisotopic (exact) mass is 504 g/mol. The van der Waals surface area contributed by atoms with Gasteiger partial charge in [-0.3, -0.25) is 14.7 Å². The van der Waals surface area contributed by atoms with Crippen molar-refractivity contribution in [3.8, 4) is 17.3 Å². The van der Waals surface area contributed by atoms with E-state index in [4.69, 9.17) is 4.74 Å². The lowest BCUT2D eigenvalue weighted by atomic mass is 9.97. The Balaban J connectivity index is 1.28. The molecule has 2 fully saturated rings. The van der Waals surface area contributed by atoms with Crippen LogP contribution in [0.25, 0.3) is 16.9 Å². The van der Waals surface area contributed by atoms with Gasteiger partial charge >= 0.3 is 6.09 Å². The van der Waals surface area contributed by atoms with Gasteiger partial charge in [0.05, 0.1) is 18.0 Å². The van der Waals surface area contributed by atoms with Crippen LogP contribution in [0.5, 0.6) is 0 Å². The number of carbonyl (C=O) groups excluding carboxylic acids is 2. The van der Waals surface area contributed by atoms with E-state index in [0.717, 1.165) is 19.3 Å². The predicted molar refractivity (Wildman–Crippen MR) is 133 cm³/mol. The molecule has 1 saturated heterocycles. The van der Waals surface area contributed by atoms with Gasteiger partial charge in [0.25, 0.3) is 0 Å². The standard InChI is InChI=1S/C27H29FN6O3/c1-27(2,3)37-26(36)34-20-7-6-18(11-20)24(34)25(35)31-19(13-29)10-16-4-5-17(12-21(16)28)22-15-33-9-8-30-14-23(33)32-22/h4-5,8-9,12,14-15,18-20,24H,6-7,10-11H2,1-3H3,(H,31,35). The van der Waals surface area contributed by atoms with Crippen molar-refractivity contribution in [1.29, 1.82) is 5.26 Å². The van der Waals surface area contributed by atoms with Crippen molar-refractivity contribution in [1.82, 2.24) is 24.6 Å². The highest BCUT2D eigenvalue weighted by atomic mass is 19.1. The Morgan fingerprint density at radius 1 is 1.32 bits per heavy atom. The number of hydrogen-bond donors (Lipinski definition) is 1. The van der Waals surface area contributed by atoms with E-state index in [9.17, 15) is 14.9 Å². The molecule has 2 aliphatic rings. The van der Waals surface area contributed by atoms with Gasteiger partial charge in [-0.15, -0.1) is 0 Å². The van der Waals surface area contributed by atoms with Crippen LogP contribution in [0.2, 0.25) is 0 Å². The number of amides is 2. The van der Waals surface area contributed by atoms with E-state index in [-0.39, 0.29) is 18.4 Å². The van der Waals surface area contributed by atoms with E-state index in [1.165, 1.54) is 11.0 Å². The second kappa shape index (κ2) is 9.47. The molecule has 0 radical (unpaired) electrons. The first-order chi connectivity index (χ1) is 17.6. The predicted octanol–water partition coefficient (Wildman–Crippen LogP) is 3.87. The van der Waals surface area contributed by atoms with Crippen molar-refractivity contribution < 1.29 is 18.7 Å². The molecule has 0 spiro atoms. The Hall–Kier alpha value is -4.00. The molecule has 10 heteroatoms. The first kappa shape index (κ1) is 24.7. The van der Waals surface area contributed by atoms with Crippen LogP contribution in [0.4, 0.5) is 9.18 Å². The summed E-state index contributed by atoms with van der Waals surface area (Å²) in [6, 6.07) is 5.10. The summed E-state index contributed by atoms with van der Waals surface area (Å²) < 4.78 is 22.4. The third-order valence-electron chi connectivity index (χ3n) is 6.97. The summed E-state index contributed by atoms with van der Waals surface area (Å²) >= 11 is 0. The Morgan fingerprint density at radius 2 is 2.14 bits per heavy atom. The molecule has 1 N–H and O–H groups in total. The van der Waals surface area contributed by atoms with Gasteiger partial charge in [-0.05, 0) is 57.6 Å². The number of aromatic nitrogens is 3. The topological polar surface area (TPSA) is 113 Å². The van der Waals surface area contributed by atoms with Gasteiger partial charge in [-0.2, -0.15) is 5.26 Å². The first-order valence-corrected chi connectivity index (χ1v) is 12.4. The largest absolute Gasteiger partial charge is 0.444 e. The average molecular weight is 505 g/mol. The molecule has 37 heavy (non-hydrogen) atoms. The Labute approximate surface area is 214 Å². The van der Waals surface area contributed by atoms with Crippen molar-refractivity contribution in [2.45, 2.75) is 70.2 Å². The summed E-state index contributed by atoms with van der Waals surface area (Å²) in [6.07, 6.45) is 8.70. The average Bonchev–Trinajstić information content (AvgIpc) is 3.57. The normalized spacial score (nSPS) is 21.6. The molecule has 3 aromatic rings. The second-order valence-electron chi connectivity index (χ2n) is 10.7. The number of ether oxygens (including phenoxy) is 1. The summed E-state index contributed by atoms with van der Waals surface area (Å²) in [4.78, 5) is 36.2. The zero-order valence-corrected chi connectivity index (χ0v) is 21.0. The zero-order chi connectivity index (χ0) is 26.3. The highest BCUT2D eigenvalue weighted by molar-refractivity contribution is 5.87. The summed E-state index contributed by atoms with van der Waals surface area (Å²) in [5.41, 5.74) is 1.46. The van der Waals surface area contributed by atoms with E-state index in [2.05, 4.69) is 21.4 Å². The van der Waals surface area contributed by atoms with Crippen LogP contribution in [0.1, 0.15) is 45.6 Å². The molecule has 2 bridgehead atoms. The summed E-state index contributed by atoms with van der Waals surface area (Å²) in [7, 11) is 0. The van der Waals surface area contributed by atoms with Crippen molar-refractivity contribution in [2.75, 3.05) is 0 Å². The number of rotatable bonds is 5. The number of fused-ring (bicyclic) bond motifs is 3. The molecule has 1 saturated carbocycles. The van der Waals surface area contributed by atoms with Gasteiger partial charge in [0.15, 0.2) is 5.65 Å². The molecule has 9 nitrogen and oxygen atoms in total. The van der Waals surface area contributed by atoms with Gasteiger partial charge < -0.3 is 14.5 Å². The number of hydrogen-bond acceptors (Lipinski definition) is 6. The van der Waals surface area contributed by atoms with Crippen molar-refractivity contribution in [3.05, 3.63) is 54.4 Å². The van der Waals surface area contributed by atoms with E-state index in [1.807, 2.05) is 0 Å². The highest BCUT2D eigenvalue weighted by Crippen LogP contribution is 2.43. The number of nitrogens with zero attached hydrogens (tertiary/aromatic N) is 5. The second-order valence-corrected chi connectivity index (χ2v) is 10.7. The molecule has 2 amide bonds. The van der Waals surface area contributed by atoms with Crippen molar-refractivity contribution in [2.24, 2.45) is 5.92 Å². The Bertz CT molecular complexity index is 1360. The molecule has 3 heterocycles. The fourth-order valence-electron chi connectivity index (χ4n) is 5.36. The summed E-state index contributed by atoms with van der Waals surface area (Å²) in [5, 5.41) is 12.5. The van der Waals surface area contributed by atoms with Gasteiger partial charge in [0.1, 0.15) is 23.5 Å². The summed E-state index contributed by atoms with van der Waals surface area (Å²) in [6.45, 7) is 5.35. The summed E-state index contributed by atoms with van der Waals surface area (Å²) in [5.74, 6) is -0.869. The van der Waals surface area contributed by atoms with Gasteiger partial charge in [-0.1, -0.05) is 12.1 Å². The molecule has 4 atom stereocenters. The minimum absolute atomic E-state index is 0.00328. The van der Waals surface area contributed by atoms with Gasteiger partial charge in [-0.25, -0.2) is 14.2 Å². The van der Waals surface area contributed by atoms with Gasteiger partial charge in [0, 0.05) is 36.6 Å². The Morgan fingerprint density at radius 3 is 2.84 bits per heavy atom. The zero-order valence-electron chi connectivity index (χ0n) is 21.0. The van der Waals surface area contributed by atoms with E-state index >= 15 is 4.39 Å². The number of imidazole rings is 1. The van der Waals surface area contributed by atoms with Crippen LogP contribution < -0.4 is 5.32 Å². The number of carbonyl (C=O) groups is 2. The van der Waals surface area contributed by atoms with Crippen LogP contribution in [0.15, 0.2) is 43.0 Å². The van der Waals surface area contributed by atoms with Crippen LogP contribution >= 0.6 is 0 Å². The number of piperidine rings is 1. The molecular formula is C27H29FN6O3. The maximum Gasteiger partial charge on any atom is 0.411 e. The molecule has 1 aromatic carbocycles. The number of nitrogens with one attached hydrogen (secondary N) is 1. The molecule has 2 aromatic heterocycles. The third kappa shape index (κ3) is 4.99. The molecule has 5 rings (SSSR count). The highest BCUT2D eigenvalue weighted by Gasteiger charge is 2.52. The number of nitriles is 1. The fourth-order valence-corrected chi connectivity index (χ4v) is 5.36. The SMILES string of the molecule is CC(C)(C)OC(=O)N1C2CCC(C2)C1C(=O)NC(C#N)Cc1ccc(-c2cn3ccncc3n2)cc1F. The van der Waals surface area contributed by atoms with Crippen LogP contribution in [0.3, 0.4) is 0 Å². The smallest absolute Gasteiger partial charge is 0.411 e.